The normalized spacial score (nSPS) is 10.8. The van der Waals surface area contributed by atoms with Gasteiger partial charge in [-0.3, -0.25) is 4.79 Å². The van der Waals surface area contributed by atoms with Gasteiger partial charge in [-0.15, -0.1) is 0 Å². The van der Waals surface area contributed by atoms with Gasteiger partial charge in [-0.2, -0.15) is 0 Å². The summed E-state index contributed by atoms with van der Waals surface area (Å²) in [6, 6.07) is 24.5. The van der Waals surface area contributed by atoms with Gasteiger partial charge in [0.05, 0.1) is 0 Å². The second-order valence-corrected chi connectivity index (χ2v) is 5.88. The highest BCUT2D eigenvalue weighted by molar-refractivity contribution is 5.76. The van der Waals surface area contributed by atoms with Gasteiger partial charge in [-0.1, -0.05) is 66.7 Å². The van der Waals surface area contributed by atoms with Crippen molar-refractivity contribution in [3.8, 4) is 16.9 Å². The predicted molar refractivity (Wildman–Crippen MR) is 102 cm³/mol. The average molecular weight is 328 g/mol. The zero-order chi connectivity index (χ0) is 17.5. The highest BCUT2D eigenvalue weighted by Crippen LogP contribution is 2.28. The molecule has 3 aromatic rings. The minimum atomic E-state index is 0.549. The lowest BCUT2D eigenvalue weighted by Gasteiger charge is -2.12. The number of hydrogen-bond donors (Lipinski definition) is 0. The Labute approximate surface area is 148 Å². The summed E-state index contributed by atoms with van der Waals surface area (Å²) >= 11 is 0. The first-order valence-electron chi connectivity index (χ1n) is 8.26. The van der Waals surface area contributed by atoms with E-state index in [-0.39, 0.29) is 0 Å². The zero-order valence-corrected chi connectivity index (χ0v) is 14.2. The first-order valence-corrected chi connectivity index (χ1v) is 8.26. The van der Waals surface area contributed by atoms with Crippen molar-refractivity contribution in [2.24, 2.45) is 0 Å². The van der Waals surface area contributed by atoms with Crippen molar-refractivity contribution in [1.29, 1.82) is 0 Å². The molecule has 0 bridgehead atoms. The van der Waals surface area contributed by atoms with Crippen LogP contribution in [0.15, 0.2) is 78.9 Å². The van der Waals surface area contributed by atoms with Crippen LogP contribution in [-0.4, -0.2) is 6.29 Å². The van der Waals surface area contributed by atoms with E-state index < -0.39 is 0 Å². The van der Waals surface area contributed by atoms with Crippen LogP contribution in [0.5, 0.6) is 5.75 Å². The fraction of sp³-hybridized carbons (Fsp3) is 0.0870. The van der Waals surface area contributed by atoms with Crippen LogP contribution in [0, 0.1) is 6.92 Å². The summed E-state index contributed by atoms with van der Waals surface area (Å²) in [5.41, 5.74) is 5.44. The van der Waals surface area contributed by atoms with E-state index in [0.717, 1.165) is 39.9 Å². The fourth-order valence-electron chi connectivity index (χ4n) is 2.64. The minimum absolute atomic E-state index is 0.549. The maximum Gasteiger partial charge on any atom is 0.142 e. The van der Waals surface area contributed by atoms with Crippen molar-refractivity contribution in [3.63, 3.8) is 0 Å². The van der Waals surface area contributed by atoms with Gasteiger partial charge in [0.15, 0.2) is 0 Å². The lowest BCUT2D eigenvalue weighted by Crippen LogP contribution is -1.97. The van der Waals surface area contributed by atoms with Crippen LogP contribution in [0.2, 0.25) is 0 Å². The van der Waals surface area contributed by atoms with Crippen LogP contribution in [0.1, 0.15) is 16.7 Å². The molecule has 0 amide bonds. The monoisotopic (exact) mass is 328 g/mol. The van der Waals surface area contributed by atoms with E-state index in [4.69, 9.17) is 4.74 Å². The number of benzene rings is 3. The van der Waals surface area contributed by atoms with Crippen LogP contribution in [0.25, 0.3) is 17.2 Å². The molecule has 3 rings (SSSR count). The molecule has 0 fully saturated rings. The molecule has 0 radical (unpaired) electrons. The van der Waals surface area contributed by atoms with Gasteiger partial charge >= 0.3 is 0 Å². The van der Waals surface area contributed by atoms with E-state index >= 15 is 0 Å². The van der Waals surface area contributed by atoms with E-state index in [9.17, 15) is 4.79 Å². The second kappa shape index (κ2) is 8.11. The van der Waals surface area contributed by atoms with Crippen molar-refractivity contribution in [1.82, 2.24) is 0 Å². The molecule has 0 aromatic heterocycles. The standard InChI is InChI=1S/C23H20O2/c1-18-12-13-22(21-11-5-9-19(15-21)10-6-14-24)16-23(18)25-17-20-7-3-2-4-8-20/h2-16H,17H2,1H3/b10-6+. The van der Waals surface area contributed by atoms with Gasteiger partial charge in [0.25, 0.3) is 0 Å². The molecule has 25 heavy (non-hydrogen) atoms. The van der Waals surface area contributed by atoms with Gasteiger partial charge in [0.1, 0.15) is 18.6 Å². The molecule has 2 nitrogen and oxygen atoms in total. The third-order valence-corrected chi connectivity index (χ3v) is 4.01. The second-order valence-electron chi connectivity index (χ2n) is 5.88. The number of carbonyl (C=O) groups excluding carboxylic acids is 1. The van der Waals surface area contributed by atoms with Gasteiger partial charge in [-0.05, 0) is 52.9 Å². The molecule has 3 aromatic carbocycles. The largest absolute Gasteiger partial charge is 0.489 e. The topological polar surface area (TPSA) is 26.3 Å². The SMILES string of the molecule is Cc1ccc(-c2cccc(/C=C/C=O)c2)cc1OCc1ccccc1. The Morgan fingerprint density at radius 3 is 2.48 bits per heavy atom. The molecule has 0 aliphatic carbocycles. The summed E-state index contributed by atoms with van der Waals surface area (Å²) in [5, 5.41) is 0. The van der Waals surface area contributed by atoms with Crippen LogP contribution in [0.3, 0.4) is 0 Å². The number of hydrogen-bond acceptors (Lipinski definition) is 2. The van der Waals surface area contributed by atoms with Crippen LogP contribution >= 0.6 is 0 Å². The molecule has 0 saturated heterocycles. The van der Waals surface area contributed by atoms with Crippen LogP contribution in [0.4, 0.5) is 0 Å². The molecule has 0 atom stereocenters. The van der Waals surface area contributed by atoms with E-state index in [0.29, 0.717) is 6.61 Å². The predicted octanol–water partition coefficient (Wildman–Crippen LogP) is 5.45. The third kappa shape index (κ3) is 4.45. The minimum Gasteiger partial charge on any atom is -0.489 e. The summed E-state index contributed by atoms with van der Waals surface area (Å²) in [7, 11) is 0. The molecule has 124 valence electrons. The Balaban J connectivity index is 1.83. The highest BCUT2D eigenvalue weighted by atomic mass is 16.5. The van der Waals surface area contributed by atoms with Gasteiger partial charge in [0.2, 0.25) is 0 Å². The van der Waals surface area contributed by atoms with Gasteiger partial charge < -0.3 is 4.74 Å². The van der Waals surface area contributed by atoms with Gasteiger partial charge in [-0.25, -0.2) is 0 Å². The molecule has 0 heterocycles. The molecule has 0 unspecified atom stereocenters. The first kappa shape index (κ1) is 16.7. The molecule has 0 saturated carbocycles. The van der Waals surface area contributed by atoms with Crippen molar-refractivity contribution in [2.75, 3.05) is 0 Å². The molecular weight excluding hydrogens is 308 g/mol. The Bertz CT molecular complexity index is 880. The number of aryl methyl sites for hydroxylation is 1. The van der Waals surface area contributed by atoms with E-state index in [1.807, 2.05) is 37.3 Å². The van der Waals surface area contributed by atoms with E-state index in [1.165, 1.54) is 6.08 Å². The van der Waals surface area contributed by atoms with Crippen LogP contribution < -0.4 is 4.74 Å². The zero-order valence-electron chi connectivity index (χ0n) is 14.2. The fourth-order valence-corrected chi connectivity index (χ4v) is 2.64. The van der Waals surface area contributed by atoms with Crippen LogP contribution in [-0.2, 0) is 11.4 Å². The summed E-state index contributed by atoms with van der Waals surface area (Å²) < 4.78 is 6.02. The van der Waals surface area contributed by atoms with E-state index in [2.05, 4.69) is 42.5 Å². The Hall–Kier alpha value is -3.13. The molecule has 0 aliphatic heterocycles. The van der Waals surface area contributed by atoms with Gasteiger partial charge in [0, 0.05) is 0 Å². The summed E-state index contributed by atoms with van der Waals surface area (Å²) in [6.45, 7) is 2.60. The number of rotatable bonds is 6. The molecule has 0 aliphatic rings. The van der Waals surface area contributed by atoms with Crippen molar-refractivity contribution < 1.29 is 9.53 Å². The number of allylic oxidation sites excluding steroid dienone is 1. The number of aldehydes is 1. The number of ether oxygens (including phenoxy) is 1. The lowest BCUT2D eigenvalue weighted by atomic mass is 10.0. The summed E-state index contributed by atoms with van der Waals surface area (Å²) in [4.78, 5) is 10.5. The maximum absolute atomic E-state index is 10.5. The molecule has 0 N–H and O–H groups in total. The Morgan fingerprint density at radius 2 is 1.68 bits per heavy atom. The van der Waals surface area contributed by atoms with Crippen molar-refractivity contribution >= 4 is 12.4 Å². The molecular formula is C23H20O2. The first-order chi connectivity index (χ1) is 12.3. The summed E-state index contributed by atoms with van der Waals surface area (Å²) in [6.07, 6.45) is 4.09. The maximum atomic E-state index is 10.5. The van der Waals surface area contributed by atoms with Crippen molar-refractivity contribution in [2.45, 2.75) is 13.5 Å². The smallest absolute Gasteiger partial charge is 0.142 e. The Morgan fingerprint density at radius 1 is 0.880 bits per heavy atom. The van der Waals surface area contributed by atoms with E-state index in [1.54, 1.807) is 6.08 Å². The summed E-state index contributed by atoms with van der Waals surface area (Å²) in [5.74, 6) is 0.884. The number of carbonyl (C=O) groups is 1. The lowest BCUT2D eigenvalue weighted by molar-refractivity contribution is -0.104. The molecule has 2 heteroatoms. The third-order valence-electron chi connectivity index (χ3n) is 4.01. The van der Waals surface area contributed by atoms with Crippen molar-refractivity contribution in [3.05, 3.63) is 95.6 Å². The quantitative estimate of drug-likeness (QED) is 0.444. The highest BCUT2D eigenvalue weighted by Gasteiger charge is 2.05. The average Bonchev–Trinajstić information content (AvgIpc) is 2.67. The molecule has 0 spiro atoms. The Kier molecular flexibility index (Phi) is 5.43.